The number of aliphatic imine (C=N–C) groups is 2. The Kier molecular flexibility index (Phi) is 7.31. The number of aromatic amines is 1. The van der Waals surface area contributed by atoms with Crippen LogP contribution in [0, 0.1) is 6.92 Å². The van der Waals surface area contributed by atoms with E-state index in [1.807, 2.05) is 25.4 Å². The van der Waals surface area contributed by atoms with Crippen LogP contribution in [0.4, 0.5) is 0 Å². The molecule has 1 aromatic carbocycles. The zero-order valence-corrected chi connectivity index (χ0v) is 18.4. The Morgan fingerprint density at radius 1 is 1.23 bits per heavy atom. The number of rotatable bonds is 7. The highest BCUT2D eigenvalue weighted by molar-refractivity contribution is 5.93. The molecule has 1 aliphatic heterocycles. The number of hydrogen-bond donors (Lipinski definition) is 2. The van der Waals surface area contributed by atoms with Crippen LogP contribution in [-0.4, -0.2) is 28.9 Å². The molecule has 1 aliphatic rings. The maximum Gasteiger partial charge on any atom is 0.123 e. The van der Waals surface area contributed by atoms with Gasteiger partial charge < -0.3 is 10.3 Å². The zero-order chi connectivity index (χ0) is 21.5. The predicted molar refractivity (Wildman–Crippen MR) is 128 cm³/mol. The fraction of sp³-hybridized carbons (Fsp3) is 0.320. The Morgan fingerprint density at radius 2 is 2.07 bits per heavy atom. The number of nitrogens with zero attached hydrogens (tertiary/aromatic N) is 3. The van der Waals surface area contributed by atoms with Gasteiger partial charge in [-0.15, -0.1) is 0 Å². The summed E-state index contributed by atoms with van der Waals surface area (Å²) in [5, 5.41) is 3.49. The average molecular weight is 402 g/mol. The Hall–Kier alpha value is -3.05. The lowest BCUT2D eigenvalue weighted by Gasteiger charge is -2.08. The maximum absolute atomic E-state index is 4.59. The molecule has 1 unspecified atom stereocenters. The molecule has 2 heterocycles. The third kappa shape index (κ3) is 5.51. The summed E-state index contributed by atoms with van der Waals surface area (Å²) in [4.78, 5) is 16.2. The van der Waals surface area contributed by atoms with Crippen molar-refractivity contribution in [2.45, 2.75) is 46.6 Å². The van der Waals surface area contributed by atoms with Crippen LogP contribution in [0.15, 0.2) is 64.0 Å². The van der Waals surface area contributed by atoms with Crippen molar-refractivity contribution < 1.29 is 0 Å². The summed E-state index contributed by atoms with van der Waals surface area (Å²) in [6.07, 6.45) is 11.9. The highest BCUT2D eigenvalue weighted by Gasteiger charge is 2.19. The summed E-state index contributed by atoms with van der Waals surface area (Å²) in [6, 6.07) is 6.89. The van der Waals surface area contributed by atoms with Crippen LogP contribution in [0.3, 0.4) is 0 Å². The van der Waals surface area contributed by atoms with Crippen molar-refractivity contribution in [3.63, 3.8) is 0 Å². The van der Waals surface area contributed by atoms with Crippen molar-refractivity contribution in [2.75, 3.05) is 6.54 Å². The van der Waals surface area contributed by atoms with Gasteiger partial charge in [-0.2, -0.15) is 0 Å². The second kappa shape index (κ2) is 10.1. The van der Waals surface area contributed by atoms with Gasteiger partial charge in [-0.25, -0.2) is 4.98 Å². The number of H-pyrrole nitrogens is 1. The molecule has 3 rings (SSSR count). The van der Waals surface area contributed by atoms with Crippen LogP contribution in [0.2, 0.25) is 0 Å². The van der Waals surface area contributed by atoms with Gasteiger partial charge in [-0.05, 0) is 93.8 Å². The van der Waals surface area contributed by atoms with E-state index in [-0.39, 0.29) is 0 Å². The molecule has 1 atom stereocenters. The van der Waals surface area contributed by atoms with Gasteiger partial charge in [0.25, 0.3) is 0 Å². The molecule has 5 nitrogen and oxygen atoms in total. The van der Waals surface area contributed by atoms with Crippen LogP contribution in [0.5, 0.6) is 0 Å². The number of aromatic nitrogens is 2. The molecule has 0 radical (unpaired) electrons. The van der Waals surface area contributed by atoms with Gasteiger partial charge in [0, 0.05) is 18.1 Å². The molecular weight excluding hydrogens is 370 g/mol. The Morgan fingerprint density at radius 3 is 2.77 bits per heavy atom. The smallest absolute Gasteiger partial charge is 0.123 e. The van der Waals surface area contributed by atoms with E-state index < -0.39 is 0 Å². The summed E-state index contributed by atoms with van der Waals surface area (Å²) in [7, 11) is 0. The monoisotopic (exact) mass is 401 g/mol. The Labute approximate surface area is 179 Å². The lowest BCUT2D eigenvalue weighted by atomic mass is 10.00. The van der Waals surface area contributed by atoms with Gasteiger partial charge in [0.05, 0.1) is 17.9 Å². The predicted octanol–water partition coefficient (Wildman–Crippen LogP) is 5.79. The molecule has 0 bridgehead atoms. The molecular formula is C25H31N5. The first-order valence-corrected chi connectivity index (χ1v) is 10.4. The second-order valence-corrected chi connectivity index (χ2v) is 7.81. The SMILES string of the molecule is C=N/C=C/C(C)=N/C=C(C)/C(C)=C/c1ccc(-c2cnc(C3CCCN3)[nH]2)cc1C. The Balaban J connectivity index is 1.76. The first-order valence-electron chi connectivity index (χ1n) is 10.4. The van der Waals surface area contributed by atoms with Gasteiger partial charge in [-0.3, -0.25) is 9.98 Å². The van der Waals surface area contributed by atoms with Gasteiger partial charge >= 0.3 is 0 Å². The van der Waals surface area contributed by atoms with Crippen molar-refractivity contribution >= 4 is 18.5 Å². The summed E-state index contributed by atoms with van der Waals surface area (Å²) >= 11 is 0. The molecule has 1 fully saturated rings. The molecule has 0 aliphatic carbocycles. The first kappa shape index (κ1) is 21.7. The van der Waals surface area contributed by atoms with E-state index in [4.69, 9.17) is 0 Å². The molecule has 2 aromatic rings. The number of hydrogen-bond acceptors (Lipinski definition) is 4. The molecule has 0 saturated carbocycles. The summed E-state index contributed by atoms with van der Waals surface area (Å²) in [6.45, 7) is 12.8. The fourth-order valence-electron chi connectivity index (χ4n) is 3.43. The standard InChI is InChI=1S/C25H31N5/c1-17(19(3)15-28-20(4)10-12-26-5)13-21-8-9-22(14-18(21)2)24-16-29-25(30-24)23-7-6-11-27-23/h8-10,12-16,23,27H,5-7,11H2,1-4H3,(H,29,30)/b12-10+,17-13+,19-15+,28-20+. The maximum atomic E-state index is 4.59. The lowest BCUT2D eigenvalue weighted by molar-refractivity contribution is 0.613. The van der Waals surface area contributed by atoms with Crippen molar-refractivity contribution in [2.24, 2.45) is 9.98 Å². The van der Waals surface area contributed by atoms with Crippen molar-refractivity contribution in [1.82, 2.24) is 15.3 Å². The van der Waals surface area contributed by atoms with E-state index in [0.717, 1.165) is 41.3 Å². The number of nitrogens with one attached hydrogen (secondary N) is 2. The molecule has 156 valence electrons. The average Bonchev–Trinajstić information content (AvgIpc) is 3.43. The van der Waals surface area contributed by atoms with Crippen molar-refractivity contribution in [1.29, 1.82) is 0 Å². The van der Waals surface area contributed by atoms with E-state index in [1.165, 1.54) is 23.1 Å². The largest absolute Gasteiger partial charge is 0.341 e. The van der Waals surface area contributed by atoms with E-state index in [1.54, 1.807) is 6.20 Å². The number of benzene rings is 1. The third-order valence-electron chi connectivity index (χ3n) is 5.44. The van der Waals surface area contributed by atoms with Gasteiger partial charge in [0.15, 0.2) is 0 Å². The van der Waals surface area contributed by atoms with Crippen LogP contribution in [0.1, 0.15) is 56.6 Å². The van der Waals surface area contributed by atoms with Crippen LogP contribution < -0.4 is 5.32 Å². The minimum absolute atomic E-state index is 0.356. The minimum Gasteiger partial charge on any atom is -0.341 e. The summed E-state index contributed by atoms with van der Waals surface area (Å²) < 4.78 is 0. The first-order chi connectivity index (χ1) is 14.5. The topological polar surface area (TPSA) is 65.4 Å². The van der Waals surface area contributed by atoms with E-state index in [9.17, 15) is 0 Å². The van der Waals surface area contributed by atoms with Crippen LogP contribution in [0.25, 0.3) is 17.3 Å². The highest BCUT2D eigenvalue weighted by Crippen LogP contribution is 2.26. The Bertz CT molecular complexity index is 1010. The van der Waals surface area contributed by atoms with Gasteiger partial charge in [0.1, 0.15) is 5.82 Å². The third-order valence-corrected chi connectivity index (χ3v) is 5.44. The number of imidazole rings is 1. The lowest BCUT2D eigenvalue weighted by Crippen LogP contribution is -2.14. The van der Waals surface area contributed by atoms with Gasteiger partial charge in [0.2, 0.25) is 0 Å². The zero-order valence-electron chi connectivity index (χ0n) is 18.4. The molecule has 2 N–H and O–H groups in total. The normalized spacial score (nSPS) is 18.4. The minimum atomic E-state index is 0.356. The van der Waals surface area contributed by atoms with Crippen molar-refractivity contribution in [3.8, 4) is 11.3 Å². The summed E-state index contributed by atoms with van der Waals surface area (Å²) in [5.41, 5.74) is 7.87. The molecule has 1 saturated heterocycles. The second-order valence-electron chi connectivity index (χ2n) is 7.81. The molecule has 30 heavy (non-hydrogen) atoms. The van der Waals surface area contributed by atoms with Crippen LogP contribution >= 0.6 is 0 Å². The number of allylic oxidation sites excluding steroid dienone is 3. The number of aryl methyl sites for hydroxylation is 1. The van der Waals surface area contributed by atoms with E-state index in [0.29, 0.717) is 6.04 Å². The van der Waals surface area contributed by atoms with E-state index >= 15 is 0 Å². The molecule has 0 amide bonds. The van der Waals surface area contributed by atoms with Gasteiger partial charge in [-0.1, -0.05) is 18.2 Å². The highest BCUT2D eigenvalue weighted by atomic mass is 15.0. The van der Waals surface area contributed by atoms with Crippen molar-refractivity contribution in [3.05, 3.63) is 71.0 Å². The fourth-order valence-corrected chi connectivity index (χ4v) is 3.43. The molecule has 1 aromatic heterocycles. The quantitative estimate of drug-likeness (QED) is 0.455. The molecule has 0 spiro atoms. The van der Waals surface area contributed by atoms with Crippen LogP contribution in [-0.2, 0) is 0 Å². The summed E-state index contributed by atoms with van der Waals surface area (Å²) in [5.74, 6) is 1.04. The molecule has 5 heteroatoms. The van der Waals surface area contributed by atoms with E-state index in [2.05, 4.69) is 77.0 Å².